The van der Waals surface area contributed by atoms with Crippen molar-refractivity contribution < 1.29 is 9.18 Å². The summed E-state index contributed by atoms with van der Waals surface area (Å²) < 4.78 is 14.3. The van der Waals surface area contributed by atoms with Crippen LogP contribution in [-0.4, -0.2) is 68.1 Å². The average molecular weight is 478 g/mol. The number of benzene rings is 2. The maximum absolute atomic E-state index is 14.3. The standard InChI is InChI=1S/C28H36FN5O/c1-22(35)8-11-27(34-14-12-28(21-30,13-15-34)23-6-4-3-5-7-23)31-25-20-24(29)9-10-26(25)33-18-16-32(2)17-19-33/h3-7,9-10,20,27,31H,8,11-19H2,1-2H3. The fourth-order valence-corrected chi connectivity index (χ4v) is 5.25. The molecule has 6 nitrogen and oxygen atoms in total. The summed E-state index contributed by atoms with van der Waals surface area (Å²) in [5.74, 6) is -0.134. The molecule has 2 aliphatic rings. The highest BCUT2D eigenvalue weighted by atomic mass is 19.1. The van der Waals surface area contributed by atoms with Gasteiger partial charge in [0.15, 0.2) is 0 Å². The zero-order valence-corrected chi connectivity index (χ0v) is 20.8. The van der Waals surface area contributed by atoms with Gasteiger partial charge < -0.3 is 19.9 Å². The molecule has 2 heterocycles. The number of ketones is 1. The smallest absolute Gasteiger partial charge is 0.129 e. The number of nitriles is 1. The lowest BCUT2D eigenvalue weighted by Gasteiger charge is -2.42. The van der Waals surface area contributed by atoms with Crippen LogP contribution in [0.25, 0.3) is 0 Å². The van der Waals surface area contributed by atoms with E-state index in [1.54, 1.807) is 13.0 Å². The van der Waals surface area contributed by atoms with Crippen LogP contribution in [0.1, 0.15) is 38.2 Å². The summed E-state index contributed by atoms with van der Waals surface area (Å²) in [5.41, 5.74) is 2.34. The van der Waals surface area contributed by atoms with E-state index in [0.717, 1.165) is 69.0 Å². The van der Waals surface area contributed by atoms with Crippen LogP contribution < -0.4 is 10.2 Å². The van der Waals surface area contributed by atoms with Crippen molar-refractivity contribution in [3.05, 3.63) is 59.9 Å². The van der Waals surface area contributed by atoms with Crippen molar-refractivity contribution in [2.24, 2.45) is 0 Å². The van der Waals surface area contributed by atoms with Gasteiger partial charge in [-0.15, -0.1) is 0 Å². The van der Waals surface area contributed by atoms with Crippen LogP contribution in [0.15, 0.2) is 48.5 Å². The number of piperidine rings is 1. The lowest BCUT2D eigenvalue weighted by molar-refractivity contribution is -0.117. The molecule has 1 atom stereocenters. The molecule has 35 heavy (non-hydrogen) atoms. The highest BCUT2D eigenvalue weighted by Gasteiger charge is 2.38. The number of nitrogens with zero attached hydrogens (tertiary/aromatic N) is 4. The molecule has 4 rings (SSSR count). The van der Waals surface area contributed by atoms with Crippen molar-refractivity contribution in [2.75, 3.05) is 56.5 Å². The molecule has 186 valence electrons. The maximum atomic E-state index is 14.3. The summed E-state index contributed by atoms with van der Waals surface area (Å²) in [5, 5.41) is 13.7. The molecule has 0 amide bonds. The Morgan fingerprint density at radius 3 is 2.40 bits per heavy atom. The topological polar surface area (TPSA) is 62.6 Å². The van der Waals surface area contributed by atoms with Crippen molar-refractivity contribution in [3.8, 4) is 6.07 Å². The Morgan fingerprint density at radius 1 is 1.09 bits per heavy atom. The van der Waals surface area contributed by atoms with Gasteiger partial charge in [-0.1, -0.05) is 30.3 Å². The van der Waals surface area contributed by atoms with E-state index < -0.39 is 5.41 Å². The number of carbonyl (C=O) groups is 1. The number of nitrogens with one attached hydrogen (secondary N) is 1. The third kappa shape index (κ3) is 6.01. The normalized spacial score (nSPS) is 19.7. The highest BCUT2D eigenvalue weighted by molar-refractivity contribution is 5.75. The summed E-state index contributed by atoms with van der Waals surface area (Å²) in [4.78, 5) is 18.8. The van der Waals surface area contributed by atoms with Gasteiger partial charge in [-0.05, 0) is 57.0 Å². The van der Waals surface area contributed by atoms with Crippen molar-refractivity contribution in [3.63, 3.8) is 0 Å². The van der Waals surface area contributed by atoms with E-state index in [0.29, 0.717) is 12.8 Å². The molecule has 2 saturated heterocycles. The second-order valence-electron chi connectivity index (χ2n) is 9.95. The molecule has 2 aliphatic heterocycles. The number of anilines is 2. The third-order valence-corrected chi connectivity index (χ3v) is 7.53. The second-order valence-corrected chi connectivity index (χ2v) is 9.95. The highest BCUT2D eigenvalue weighted by Crippen LogP contribution is 2.37. The molecular weight excluding hydrogens is 441 g/mol. The molecule has 2 fully saturated rings. The molecule has 2 aromatic rings. The van der Waals surface area contributed by atoms with Gasteiger partial charge >= 0.3 is 0 Å². The number of halogens is 1. The van der Waals surface area contributed by atoms with Crippen LogP contribution >= 0.6 is 0 Å². The Labute approximate surface area is 208 Å². The fourth-order valence-electron chi connectivity index (χ4n) is 5.25. The van der Waals surface area contributed by atoms with Gasteiger partial charge in [0, 0.05) is 45.7 Å². The molecule has 0 spiro atoms. The van der Waals surface area contributed by atoms with E-state index in [2.05, 4.69) is 33.1 Å². The molecule has 0 bridgehead atoms. The van der Waals surface area contributed by atoms with E-state index >= 15 is 0 Å². The van der Waals surface area contributed by atoms with Gasteiger partial charge in [0.1, 0.15) is 11.6 Å². The SMILES string of the molecule is CC(=O)CCC(Nc1cc(F)ccc1N1CCN(C)CC1)N1CCC(C#N)(c2ccccc2)CC1. The largest absolute Gasteiger partial charge is 0.368 e. The summed E-state index contributed by atoms with van der Waals surface area (Å²) in [6.45, 7) is 6.79. The van der Waals surface area contributed by atoms with E-state index in [1.165, 1.54) is 6.07 Å². The van der Waals surface area contributed by atoms with Gasteiger partial charge in [-0.2, -0.15) is 5.26 Å². The van der Waals surface area contributed by atoms with Crippen LogP contribution in [0.3, 0.4) is 0 Å². The minimum absolute atomic E-state index is 0.112. The summed E-state index contributed by atoms with van der Waals surface area (Å²) in [7, 11) is 2.12. The first kappa shape index (κ1) is 25.2. The molecule has 0 aromatic heterocycles. The zero-order valence-electron chi connectivity index (χ0n) is 20.8. The van der Waals surface area contributed by atoms with Gasteiger partial charge in [0.2, 0.25) is 0 Å². The lowest BCUT2D eigenvalue weighted by Crippen LogP contribution is -2.50. The second kappa shape index (κ2) is 11.2. The predicted octanol–water partition coefficient (Wildman–Crippen LogP) is 4.24. The van der Waals surface area contributed by atoms with Crippen molar-refractivity contribution >= 4 is 17.2 Å². The van der Waals surface area contributed by atoms with Crippen LogP contribution in [0, 0.1) is 17.1 Å². The van der Waals surface area contributed by atoms with E-state index in [1.807, 2.05) is 36.4 Å². The van der Waals surface area contributed by atoms with Crippen LogP contribution in [0.5, 0.6) is 0 Å². The van der Waals surface area contributed by atoms with Crippen molar-refractivity contribution in [1.29, 1.82) is 5.26 Å². The molecular formula is C28H36FN5O. The molecule has 2 aromatic carbocycles. The number of likely N-dealkylation sites (N-methyl/N-ethyl adjacent to an activating group) is 1. The number of hydrogen-bond donors (Lipinski definition) is 1. The molecule has 0 radical (unpaired) electrons. The van der Waals surface area contributed by atoms with Gasteiger partial charge in [0.25, 0.3) is 0 Å². The van der Waals surface area contributed by atoms with Crippen LogP contribution in [0.2, 0.25) is 0 Å². The minimum Gasteiger partial charge on any atom is -0.368 e. The van der Waals surface area contributed by atoms with Gasteiger partial charge in [-0.25, -0.2) is 4.39 Å². The van der Waals surface area contributed by atoms with Gasteiger partial charge in [0.05, 0.1) is 29.0 Å². The van der Waals surface area contributed by atoms with Crippen molar-refractivity contribution in [2.45, 2.75) is 44.2 Å². The Morgan fingerprint density at radius 2 is 1.77 bits per heavy atom. The Kier molecular flexibility index (Phi) is 8.04. The molecule has 0 saturated carbocycles. The van der Waals surface area contributed by atoms with Crippen LogP contribution in [-0.2, 0) is 10.2 Å². The zero-order chi connectivity index (χ0) is 24.8. The first-order valence-electron chi connectivity index (χ1n) is 12.6. The molecule has 1 unspecified atom stereocenters. The first-order chi connectivity index (χ1) is 16.9. The lowest BCUT2D eigenvalue weighted by atomic mass is 9.74. The summed E-state index contributed by atoms with van der Waals surface area (Å²) >= 11 is 0. The van der Waals surface area contributed by atoms with E-state index in [4.69, 9.17) is 0 Å². The van der Waals surface area contributed by atoms with Gasteiger partial charge in [-0.3, -0.25) is 4.90 Å². The quantitative estimate of drug-likeness (QED) is 0.614. The molecule has 1 N–H and O–H groups in total. The molecule has 7 heteroatoms. The predicted molar refractivity (Wildman–Crippen MR) is 138 cm³/mol. The average Bonchev–Trinajstić information content (AvgIpc) is 2.88. The van der Waals surface area contributed by atoms with Crippen molar-refractivity contribution in [1.82, 2.24) is 9.80 Å². The summed E-state index contributed by atoms with van der Waals surface area (Å²) in [6.07, 6.45) is 2.42. The molecule has 0 aliphatic carbocycles. The number of rotatable bonds is 8. The number of piperazine rings is 1. The fraction of sp³-hybridized carbons (Fsp3) is 0.500. The Balaban J connectivity index is 1.53. The Hall–Kier alpha value is -2.95. The summed E-state index contributed by atoms with van der Waals surface area (Å²) in [6, 6.07) is 17.6. The third-order valence-electron chi connectivity index (χ3n) is 7.53. The number of hydrogen-bond acceptors (Lipinski definition) is 6. The van der Waals surface area contributed by atoms with E-state index in [-0.39, 0.29) is 17.8 Å². The number of likely N-dealkylation sites (tertiary alicyclic amines) is 1. The first-order valence-corrected chi connectivity index (χ1v) is 12.6. The number of Topliss-reactive ketones (excluding diaryl/α,β-unsaturated/α-hetero) is 1. The minimum atomic E-state index is -0.493. The maximum Gasteiger partial charge on any atom is 0.129 e. The van der Waals surface area contributed by atoms with E-state index in [9.17, 15) is 14.4 Å². The Bertz CT molecular complexity index is 1040. The number of carbonyl (C=O) groups excluding carboxylic acids is 1. The monoisotopic (exact) mass is 477 g/mol. The van der Waals surface area contributed by atoms with Crippen LogP contribution in [0.4, 0.5) is 15.8 Å².